The van der Waals surface area contributed by atoms with E-state index in [0.717, 1.165) is 21.3 Å². The SMILES string of the molecule is COCOc1ccc(C=Cc2ccc(C(=O)OC)cc2)cc1Br. The van der Waals surface area contributed by atoms with Gasteiger partial charge in [0.25, 0.3) is 0 Å². The van der Waals surface area contributed by atoms with Crippen LogP contribution in [0.25, 0.3) is 12.2 Å². The quantitative estimate of drug-likeness (QED) is 0.426. The molecule has 0 atom stereocenters. The molecule has 0 aliphatic heterocycles. The lowest BCUT2D eigenvalue weighted by Crippen LogP contribution is -2.00. The van der Waals surface area contributed by atoms with Crippen molar-refractivity contribution in [1.82, 2.24) is 0 Å². The van der Waals surface area contributed by atoms with Crippen LogP contribution in [0.3, 0.4) is 0 Å². The molecule has 0 saturated carbocycles. The lowest BCUT2D eigenvalue weighted by molar-refractivity contribution is 0.0505. The Kier molecular flexibility index (Phi) is 6.38. The van der Waals surface area contributed by atoms with E-state index in [1.807, 2.05) is 42.5 Å². The first-order valence-electron chi connectivity index (χ1n) is 6.92. The minimum Gasteiger partial charge on any atom is -0.466 e. The summed E-state index contributed by atoms with van der Waals surface area (Å²) >= 11 is 3.47. The fraction of sp³-hybridized carbons (Fsp3) is 0.167. The van der Waals surface area contributed by atoms with Crippen LogP contribution in [0, 0.1) is 0 Å². The van der Waals surface area contributed by atoms with Crippen molar-refractivity contribution in [3.63, 3.8) is 0 Å². The van der Waals surface area contributed by atoms with Gasteiger partial charge in [-0.1, -0.05) is 30.4 Å². The van der Waals surface area contributed by atoms with Gasteiger partial charge in [0.2, 0.25) is 0 Å². The van der Waals surface area contributed by atoms with Crippen LogP contribution in [0.2, 0.25) is 0 Å². The molecule has 2 rings (SSSR count). The highest BCUT2D eigenvalue weighted by atomic mass is 79.9. The van der Waals surface area contributed by atoms with E-state index in [1.165, 1.54) is 7.11 Å². The second-order valence-electron chi connectivity index (χ2n) is 4.69. The molecule has 0 saturated heterocycles. The third-order valence-corrected chi connectivity index (χ3v) is 3.71. The molecule has 0 amide bonds. The molecule has 0 spiro atoms. The number of carbonyl (C=O) groups is 1. The number of hydrogen-bond donors (Lipinski definition) is 0. The Morgan fingerprint density at radius 3 is 2.30 bits per heavy atom. The maximum absolute atomic E-state index is 11.4. The van der Waals surface area contributed by atoms with Gasteiger partial charge in [-0.15, -0.1) is 0 Å². The molecule has 2 aromatic carbocycles. The van der Waals surface area contributed by atoms with Crippen LogP contribution < -0.4 is 4.74 Å². The number of hydrogen-bond acceptors (Lipinski definition) is 4. The summed E-state index contributed by atoms with van der Waals surface area (Å²) in [6.07, 6.45) is 3.95. The van der Waals surface area contributed by atoms with Crippen LogP contribution in [0.15, 0.2) is 46.9 Å². The molecule has 5 heteroatoms. The Balaban J connectivity index is 2.07. The number of halogens is 1. The average Bonchev–Trinajstić information content (AvgIpc) is 2.59. The zero-order chi connectivity index (χ0) is 16.7. The number of esters is 1. The summed E-state index contributed by atoms with van der Waals surface area (Å²) in [5.74, 6) is 0.391. The standard InChI is InChI=1S/C18H17BrO4/c1-21-12-23-17-10-7-14(11-16(17)19)4-3-13-5-8-15(9-6-13)18(20)22-2/h3-11H,12H2,1-2H3. The Morgan fingerprint density at radius 1 is 1.04 bits per heavy atom. The predicted molar refractivity (Wildman–Crippen MR) is 93.4 cm³/mol. The first-order chi connectivity index (χ1) is 11.1. The highest BCUT2D eigenvalue weighted by molar-refractivity contribution is 9.10. The monoisotopic (exact) mass is 376 g/mol. The van der Waals surface area contributed by atoms with E-state index in [-0.39, 0.29) is 12.8 Å². The summed E-state index contributed by atoms with van der Waals surface area (Å²) in [7, 11) is 2.95. The molecule has 0 aliphatic carbocycles. The Hall–Kier alpha value is -2.11. The zero-order valence-electron chi connectivity index (χ0n) is 12.9. The molecular formula is C18H17BrO4. The minimum atomic E-state index is -0.337. The van der Waals surface area contributed by atoms with Gasteiger partial charge >= 0.3 is 5.97 Å². The van der Waals surface area contributed by atoms with Crippen LogP contribution in [0.4, 0.5) is 0 Å². The van der Waals surface area contributed by atoms with Crippen molar-refractivity contribution in [2.75, 3.05) is 21.0 Å². The molecule has 0 radical (unpaired) electrons. The van der Waals surface area contributed by atoms with Gasteiger partial charge in [0.05, 0.1) is 17.1 Å². The lowest BCUT2D eigenvalue weighted by Gasteiger charge is -2.07. The van der Waals surface area contributed by atoms with E-state index in [0.29, 0.717) is 5.56 Å². The first-order valence-corrected chi connectivity index (χ1v) is 7.71. The van der Waals surface area contributed by atoms with Crippen molar-refractivity contribution >= 4 is 34.1 Å². The second kappa shape index (κ2) is 8.50. The summed E-state index contributed by atoms with van der Waals surface area (Å²) in [6.45, 7) is 0.209. The van der Waals surface area contributed by atoms with Gasteiger partial charge in [-0.3, -0.25) is 0 Å². The molecule has 23 heavy (non-hydrogen) atoms. The van der Waals surface area contributed by atoms with Gasteiger partial charge < -0.3 is 14.2 Å². The third kappa shape index (κ3) is 4.94. The van der Waals surface area contributed by atoms with E-state index in [1.54, 1.807) is 19.2 Å². The van der Waals surface area contributed by atoms with Crippen molar-refractivity contribution in [3.8, 4) is 5.75 Å². The molecule has 0 fully saturated rings. The van der Waals surface area contributed by atoms with Gasteiger partial charge in [0, 0.05) is 7.11 Å². The molecule has 0 aromatic heterocycles. The highest BCUT2D eigenvalue weighted by Crippen LogP contribution is 2.26. The van der Waals surface area contributed by atoms with Crippen molar-refractivity contribution in [1.29, 1.82) is 0 Å². The van der Waals surface area contributed by atoms with Crippen LogP contribution in [0.5, 0.6) is 5.75 Å². The largest absolute Gasteiger partial charge is 0.466 e. The van der Waals surface area contributed by atoms with Crippen LogP contribution in [-0.4, -0.2) is 27.0 Å². The molecule has 0 heterocycles. The maximum Gasteiger partial charge on any atom is 0.337 e. The fourth-order valence-corrected chi connectivity index (χ4v) is 2.41. The maximum atomic E-state index is 11.4. The number of benzene rings is 2. The molecule has 2 aromatic rings. The summed E-state index contributed by atoms with van der Waals surface area (Å²) in [5.41, 5.74) is 2.55. The van der Waals surface area contributed by atoms with Crippen LogP contribution in [-0.2, 0) is 9.47 Å². The van der Waals surface area contributed by atoms with Crippen molar-refractivity contribution < 1.29 is 19.0 Å². The lowest BCUT2D eigenvalue weighted by atomic mass is 10.1. The molecule has 0 aliphatic rings. The van der Waals surface area contributed by atoms with Gasteiger partial charge in [-0.05, 0) is 51.3 Å². The molecule has 0 bridgehead atoms. The summed E-state index contributed by atoms with van der Waals surface area (Å²) in [6, 6.07) is 13.0. The second-order valence-corrected chi connectivity index (χ2v) is 5.54. The van der Waals surface area contributed by atoms with Crippen LogP contribution in [0.1, 0.15) is 21.5 Å². The van der Waals surface area contributed by atoms with E-state index < -0.39 is 0 Å². The number of ether oxygens (including phenoxy) is 3. The molecule has 4 nitrogen and oxygen atoms in total. The molecule has 120 valence electrons. The molecular weight excluding hydrogens is 360 g/mol. The van der Waals surface area contributed by atoms with Crippen molar-refractivity contribution in [2.24, 2.45) is 0 Å². The summed E-state index contributed by atoms with van der Waals surface area (Å²) in [5, 5.41) is 0. The van der Waals surface area contributed by atoms with E-state index in [2.05, 4.69) is 20.7 Å². The topological polar surface area (TPSA) is 44.8 Å². The Labute approximate surface area is 143 Å². The molecule has 0 N–H and O–H groups in total. The Bertz CT molecular complexity index is 693. The van der Waals surface area contributed by atoms with E-state index >= 15 is 0 Å². The average molecular weight is 377 g/mol. The van der Waals surface area contributed by atoms with E-state index in [4.69, 9.17) is 9.47 Å². The van der Waals surface area contributed by atoms with Gasteiger partial charge in [-0.25, -0.2) is 4.79 Å². The number of methoxy groups -OCH3 is 2. The van der Waals surface area contributed by atoms with E-state index in [9.17, 15) is 4.79 Å². The van der Waals surface area contributed by atoms with Gasteiger partial charge in [0.15, 0.2) is 6.79 Å². The zero-order valence-corrected chi connectivity index (χ0v) is 14.5. The first kappa shape index (κ1) is 17.2. The van der Waals surface area contributed by atoms with Crippen molar-refractivity contribution in [2.45, 2.75) is 0 Å². The predicted octanol–water partition coefficient (Wildman–Crippen LogP) is 4.39. The summed E-state index contributed by atoms with van der Waals surface area (Å²) in [4.78, 5) is 11.4. The van der Waals surface area contributed by atoms with Crippen molar-refractivity contribution in [3.05, 3.63) is 63.6 Å². The fourth-order valence-electron chi connectivity index (χ4n) is 1.90. The molecule has 0 unspecified atom stereocenters. The third-order valence-electron chi connectivity index (χ3n) is 3.09. The smallest absolute Gasteiger partial charge is 0.337 e. The minimum absolute atomic E-state index is 0.209. The summed E-state index contributed by atoms with van der Waals surface area (Å²) < 4.78 is 15.8. The van der Waals surface area contributed by atoms with Gasteiger partial charge in [0.1, 0.15) is 5.75 Å². The normalized spacial score (nSPS) is 10.7. The number of rotatable bonds is 6. The Morgan fingerprint density at radius 2 is 1.70 bits per heavy atom. The number of carbonyl (C=O) groups excluding carboxylic acids is 1. The van der Waals surface area contributed by atoms with Crippen LogP contribution >= 0.6 is 15.9 Å². The highest BCUT2D eigenvalue weighted by Gasteiger charge is 2.03. The van der Waals surface area contributed by atoms with Gasteiger partial charge in [-0.2, -0.15) is 0 Å².